The lowest BCUT2D eigenvalue weighted by atomic mass is 9.81. The van der Waals surface area contributed by atoms with Crippen molar-refractivity contribution < 1.29 is 9.90 Å². The highest BCUT2D eigenvalue weighted by atomic mass is 32.2. The number of hydrogen-bond donors (Lipinski definition) is 3. The van der Waals surface area contributed by atoms with E-state index in [9.17, 15) is 9.90 Å². The van der Waals surface area contributed by atoms with E-state index >= 15 is 0 Å². The largest absolute Gasteiger partial charge is 0.392 e. The topological polar surface area (TPSA) is 61.4 Å². The number of anilines is 1. The first-order valence-electron chi connectivity index (χ1n) is 7.13. The molecule has 0 spiro atoms. The number of aliphatic hydroxyl groups excluding tert-OH is 1. The summed E-state index contributed by atoms with van der Waals surface area (Å²) in [6.07, 6.45) is 1.53. The van der Waals surface area contributed by atoms with Crippen molar-refractivity contribution in [3.05, 3.63) is 24.3 Å². The normalized spacial score (nSPS) is 13.1. The first kappa shape index (κ1) is 17.9. The van der Waals surface area contributed by atoms with Gasteiger partial charge in [0.1, 0.15) is 0 Å². The van der Waals surface area contributed by atoms with Crippen molar-refractivity contribution in [3.8, 4) is 0 Å². The molecule has 0 heterocycles. The minimum Gasteiger partial charge on any atom is -0.392 e. The van der Waals surface area contributed by atoms with Crippen LogP contribution in [-0.2, 0) is 0 Å². The van der Waals surface area contributed by atoms with Gasteiger partial charge < -0.3 is 15.7 Å². The predicted octanol–water partition coefficient (Wildman–Crippen LogP) is 3.57. The third-order valence-corrected chi connectivity index (χ3v) is 4.19. The van der Waals surface area contributed by atoms with Gasteiger partial charge in [-0.05, 0) is 30.4 Å². The van der Waals surface area contributed by atoms with Gasteiger partial charge in [-0.25, -0.2) is 4.79 Å². The molecule has 0 saturated heterocycles. The highest BCUT2D eigenvalue weighted by Gasteiger charge is 2.30. The molecule has 4 nitrogen and oxygen atoms in total. The Hall–Kier alpha value is -1.20. The van der Waals surface area contributed by atoms with E-state index in [1.54, 1.807) is 11.8 Å². The molecule has 0 aliphatic heterocycles. The molecule has 3 N–H and O–H groups in total. The molecule has 0 radical (unpaired) electrons. The summed E-state index contributed by atoms with van der Waals surface area (Å²) in [4.78, 5) is 13.0. The average molecular weight is 310 g/mol. The van der Waals surface area contributed by atoms with E-state index < -0.39 is 6.10 Å². The summed E-state index contributed by atoms with van der Waals surface area (Å²) in [5.74, 6) is 0.156. The maximum atomic E-state index is 11.9. The van der Waals surface area contributed by atoms with E-state index in [2.05, 4.69) is 10.6 Å². The summed E-state index contributed by atoms with van der Waals surface area (Å²) in [5.41, 5.74) is 0.397. The second-order valence-corrected chi connectivity index (χ2v) is 7.10. The van der Waals surface area contributed by atoms with E-state index in [0.717, 1.165) is 10.6 Å². The SMILES string of the molecule is CSc1cccc(NC(=O)NCC(C)(C)C(O)C(C)C)c1. The van der Waals surface area contributed by atoms with Crippen LogP contribution < -0.4 is 10.6 Å². The smallest absolute Gasteiger partial charge is 0.319 e. The number of urea groups is 1. The van der Waals surface area contributed by atoms with Crippen molar-refractivity contribution in [3.63, 3.8) is 0 Å². The molecule has 0 aliphatic rings. The zero-order chi connectivity index (χ0) is 16.0. The van der Waals surface area contributed by atoms with Crippen LogP contribution in [0.1, 0.15) is 27.7 Å². The fourth-order valence-corrected chi connectivity index (χ4v) is 2.65. The fourth-order valence-electron chi connectivity index (χ4n) is 2.19. The lowest BCUT2D eigenvalue weighted by Crippen LogP contribution is -2.44. The lowest BCUT2D eigenvalue weighted by molar-refractivity contribution is 0.0154. The Morgan fingerprint density at radius 3 is 2.62 bits per heavy atom. The van der Waals surface area contributed by atoms with Gasteiger partial charge in [0.25, 0.3) is 0 Å². The van der Waals surface area contributed by atoms with Crippen LogP contribution in [0, 0.1) is 11.3 Å². The van der Waals surface area contributed by atoms with Crippen molar-refractivity contribution >= 4 is 23.5 Å². The molecule has 1 aromatic carbocycles. The van der Waals surface area contributed by atoms with Gasteiger partial charge in [0.05, 0.1) is 6.10 Å². The predicted molar refractivity (Wildman–Crippen MR) is 89.9 cm³/mol. The minimum atomic E-state index is -0.461. The molecule has 0 fully saturated rings. The molecule has 21 heavy (non-hydrogen) atoms. The van der Waals surface area contributed by atoms with Gasteiger partial charge >= 0.3 is 6.03 Å². The summed E-state index contributed by atoms with van der Waals surface area (Å²) in [6, 6.07) is 7.44. The monoisotopic (exact) mass is 310 g/mol. The molecular formula is C16H26N2O2S. The molecule has 0 saturated carbocycles. The van der Waals surface area contributed by atoms with Gasteiger partial charge in [-0.3, -0.25) is 0 Å². The van der Waals surface area contributed by atoms with Gasteiger partial charge in [-0.15, -0.1) is 11.8 Å². The summed E-state index contributed by atoms with van der Waals surface area (Å²) < 4.78 is 0. The molecule has 0 aromatic heterocycles. The van der Waals surface area contributed by atoms with Gasteiger partial charge in [-0.1, -0.05) is 33.8 Å². The summed E-state index contributed by atoms with van der Waals surface area (Å²) in [6.45, 7) is 8.26. The number of amides is 2. The fraction of sp³-hybridized carbons (Fsp3) is 0.562. The number of carbonyl (C=O) groups is 1. The second kappa shape index (κ2) is 7.71. The number of benzene rings is 1. The molecule has 1 unspecified atom stereocenters. The minimum absolute atomic E-state index is 0.156. The van der Waals surface area contributed by atoms with E-state index in [1.807, 2.05) is 58.2 Å². The first-order chi connectivity index (χ1) is 9.76. The number of nitrogens with one attached hydrogen (secondary N) is 2. The Morgan fingerprint density at radius 1 is 1.38 bits per heavy atom. The van der Waals surface area contributed by atoms with E-state index in [1.165, 1.54) is 0 Å². The maximum Gasteiger partial charge on any atom is 0.319 e. The van der Waals surface area contributed by atoms with Crippen LogP contribution in [0.15, 0.2) is 29.2 Å². The molecule has 1 rings (SSSR count). The lowest BCUT2D eigenvalue weighted by Gasteiger charge is -2.33. The number of thioether (sulfide) groups is 1. The maximum absolute atomic E-state index is 11.9. The van der Waals surface area contributed by atoms with Crippen LogP contribution in [0.4, 0.5) is 10.5 Å². The number of hydrogen-bond acceptors (Lipinski definition) is 3. The van der Waals surface area contributed by atoms with Crippen LogP contribution in [0.3, 0.4) is 0 Å². The van der Waals surface area contributed by atoms with Crippen LogP contribution in [0.2, 0.25) is 0 Å². The number of aliphatic hydroxyl groups is 1. The van der Waals surface area contributed by atoms with Crippen molar-refractivity contribution in [2.24, 2.45) is 11.3 Å². The first-order valence-corrected chi connectivity index (χ1v) is 8.35. The molecule has 2 amide bonds. The molecule has 1 aromatic rings. The number of carbonyl (C=O) groups excluding carboxylic acids is 1. The van der Waals surface area contributed by atoms with Crippen molar-refractivity contribution in [2.75, 3.05) is 18.1 Å². The molecule has 1 atom stereocenters. The highest BCUT2D eigenvalue weighted by Crippen LogP contribution is 2.25. The Balaban J connectivity index is 2.54. The summed E-state index contributed by atoms with van der Waals surface area (Å²) in [7, 11) is 0. The van der Waals surface area contributed by atoms with Gasteiger partial charge in [0.15, 0.2) is 0 Å². The van der Waals surface area contributed by atoms with E-state index in [0.29, 0.717) is 6.54 Å². The van der Waals surface area contributed by atoms with Gasteiger partial charge in [-0.2, -0.15) is 0 Å². The molecule has 0 bridgehead atoms. The molecule has 5 heteroatoms. The van der Waals surface area contributed by atoms with Crippen molar-refractivity contribution in [1.82, 2.24) is 5.32 Å². The Labute approximate surface area is 131 Å². The van der Waals surface area contributed by atoms with Crippen LogP contribution in [-0.4, -0.2) is 30.0 Å². The van der Waals surface area contributed by atoms with E-state index in [-0.39, 0.29) is 17.4 Å². The number of rotatable bonds is 6. The Kier molecular flexibility index (Phi) is 6.55. The Morgan fingerprint density at radius 2 is 2.05 bits per heavy atom. The van der Waals surface area contributed by atoms with Crippen molar-refractivity contribution in [1.29, 1.82) is 0 Å². The summed E-state index contributed by atoms with van der Waals surface area (Å²) >= 11 is 1.63. The van der Waals surface area contributed by atoms with Crippen LogP contribution in [0.5, 0.6) is 0 Å². The third-order valence-electron chi connectivity index (χ3n) is 3.46. The quantitative estimate of drug-likeness (QED) is 0.704. The van der Waals surface area contributed by atoms with Crippen LogP contribution >= 0.6 is 11.8 Å². The summed E-state index contributed by atoms with van der Waals surface area (Å²) in [5, 5.41) is 15.8. The van der Waals surface area contributed by atoms with Gasteiger partial charge in [0, 0.05) is 22.5 Å². The molecule has 0 aliphatic carbocycles. The van der Waals surface area contributed by atoms with Gasteiger partial charge in [0.2, 0.25) is 0 Å². The molecular weight excluding hydrogens is 284 g/mol. The average Bonchev–Trinajstić information content (AvgIpc) is 2.44. The zero-order valence-corrected chi connectivity index (χ0v) is 14.3. The molecule has 118 valence electrons. The highest BCUT2D eigenvalue weighted by molar-refractivity contribution is 7.98. The Bertz CT molecular complexity index is 475. The van der Waals surface area contributed by atoms with Crippen LogP contribution in [0.25, 0.3) is 0 Å². The van der Waals surface area contributed by atoms with E-state index in [4.69, 9.17) is 0 Å². The second-order valence-electron chi connectivity index (χ2n) is 6.22. The zero-order valence-electron chi connectivity index (χ0n) is 13.4. The third kappa shape index (κ3) is 5.59. The standard InChI is InChI=1S/C16H26N2O2S/c1-11(2)14(19)16(3,4)10-17-15(20)18-12-7-6-8-13(9-12)21-5/h6-9,11,14,19H,10H2,1-5H3,(H2,17,18,20). The van der Waals surface area contributed by atoms with Crippen molar-refractivity contribution in [2.45, 2.75) is 38.7 Å².